The lowest BCUT2D eigenvalue weighted by atomic mass is 10.1. The molecular formula is C21H19ClN6OS. The first kappa shape index (κ1) is 20.2. The molecule has 0 fully saturated rings. The summed E-state index contributed by atoms with van der Waals surface area (Å²) in [7, 11) is 0. The lowest BCUT2D eigenvalue weighted by molar-refractivity contribution is -0.119. The minimum absolute atomic E-state index is 0.0616. The molecule has 1 unspecified atom stereocenters. The zero-order valence-corrected chi connectivity index (χ0v) is 17.7. The Bertz CT molecular complexity index is 1130. The van der Waals surface area contributed by atoms with Gasteiger partial charge in [-0.05, 0) is 42.8 Å². The van der Waals surface area contributed by atoms with Crippen molar-refractivity contribution in [2.24, 2.45) is 0 Å². The summed E-state index contributed by atoms with van der Waals surface area (Å²) in [5.74, 6) is 0.201. The molecule has 4 rings (SSSR count). The summed E-state index contributed by atoms with van der Waals surface area (Å²) >= 11 is 7.46. The summed E-state index contributed by atoms with van der Waals surface area (Å²) < 4.78 is 3.60. The molecule has 30 heavy (non-hydrogen) atoms. The van der Waals surface area contributed by atoms with Gasteiger partial charge in [-0.25, -0.2) is 14.6 Å². The molecule has 1 amide bonds. The minimum Gasteiger partial charge on any atom is -0.349 e. The lowest BCUT2D eigenvalue weighted by Gasteiger charge is -2.15. The number of carbonyl (C=O) groups is 1. The van der Waals surface area contributed by atoms with Crippen molar-refractivity contribution >= 4 is 29.3 Å². The summed E-state index contributed by atoms with van der Waals surface area (Å²) in [5.41, 5.74) is 2.83. The Hall–Kier alpha value is -3.10. The van der Waals surface area contributed by atoms with Crippen LogP contribution in [0.15, 0.2) is 78.7 Å². The molecule has 2 aromatic carbocycles. The van der Waals surface area contributed by atoms with Crippen molar-refractivity contribution in [3.05, 3.63) is 84.2 Å². The molecule has 0 bridgehead atoms. The van der Waals surface area contributed by atoms with Gasteiger partial charge >= 0.3 is 0 Å². The highest BCUT2D eigenvalue weighted by Crippen LogP contribution is 2.23. The summed E-state index contributed by atoms with van der Waals surface area (Å²) in [6.45, 7) is 1.96. The van der Waals surface area contributed by atoms with E-state index in [2.05, 4.69) is 20.4 Å². The van der Waals surface area contributed by atoms with Crippen LogP contribution in [0.5, 0.6) is 0 Å². The summed E-state index contributed by atoms with van der Waals surface area (Å²) in [4.78, 5) is 20.8. The van der Waals surface area contributed by atoms with Gasteiger partial charge in [-0.3, -0.25) is 9.36 Å². The van der Waals surface area contributed by atoms with Crippen molar-refractivity contribution in [3.8, 4) is 11.4 Å². The molecule has 2 aromatic heterocycles. The number of carbonyl (C=O) groups excluding carboxylic acids is 1. The zero-order valence-electron chi connectivity index (χ0n) is 16.1. The number of thioether (sulfide) groups is 1. The maximum atomic E-state index is 12.5. The van der Waals surface area contributed by atoms with Gasteiger partial charge in [0.05, 0.1) is 17.5 Å². The Kier molecular flexibility index (Phi) is 6.15. The van der Waals surface area contributed by atoms with Gasteiger partial charge in [0.1, 0.15) is 12.7 Å². The molecule has 0 radical (unpaired) electrons. The molecule has 1 atom stereocenters. The first-order valence-electron chi connectivity index (χ1n) is 9.26. The van der Waals surface area contributed by atoms with Gasteiger partial charge in [0.2, 0.25) is 5.91 Å². The van der Waals surface area contributed by atoms with E-state index in [1.165, 1.54) is 18.1 Å². The first-order chi connectivity index (χ1) is 14.6. The Morgan fingerprint density at radius 2 is 2.03 bits per heavy atom. The molecule has 0 saturated heterocycles. The zero-order chi connectivity index (χ0) is 20.9. The van der Waals surface area contributed by atoms with Gasteiger partial charge in [-0.15, -0.1) is 0 Å². The average molecular weight is 439 g/mol. The van der Waals surface area contributed by atoms with Crippen molar-refractivity contribution in [2.45, 2.75) is 18.1 Å². The molecule has 1 N–H and O–H groups in total. The van der Waals surface area contributed by atoms with Crippen molar-refractivity contribution in [2.75, 3.05) is 5.75 Å². The van der Waals surface area contributed by atoms with Crippen LogP contribution < -0.4 is 5.32 Å². The number of amides is 1. The molecule has 0 spiro atoms. The molecule has 152 valence electrons. The topological polar surface area (TPSA) is 77.6 Å². The smallest absolute Gasteiger partial charge is 0.230 e. The number of benzene rings is 2. The number of imidazole rings is 1. The van der Waals surface area contributed by atoms with Crippen LogP contribution in [0.4, 0.5) is 0 Å². The Morgan fingerprint density at radius 3 is 2.77 bits per heavy atom. The highest BCUT2D eigenvalue weighted by molar-refractivity contribution is 7.99. The van der Waals surface area contributed by atoms with Gasteiger partial charge in [0.25, 0.3) is 0 Å². The average Bonchev–Trinajstić information content (AvgIpc) is 3.44. The maximum Gasteiger partial charge on any atom is 0.230 e. The monoisotopic (exact) mass is 438 g/mol. The second-order valence-electron chi connectivity index (χ2n) is 6.57. The lowest BCUT2D eigenvalue weighted by Crippen LogP contribution is -2.28. The van der Waals surface area contributed by atoms with E-state index in [1.54, 1.807) is 17.2 Å². The largest absolute Gasteiger partial charge is 0.349 e. The van der Waals surface area contributed by atoms with Crippen LogP contribution in [-0.2, 0) is 4.79 Å². The number of nitrogens with zero attached hydrogens (tertiary/aromatic N) is 5. The van der Waals surface area contributed by atoms with Crippen LogP contribution in [0.1, 0.15) is 18.5 Å². The minimum atomic E-state index is -0.115. The Balaban J connectivity index is 1.35. The molecule has 7 nitrogen and oxygen atoms in total. The van der Waals surface area contributed by atoms with Gasteiger partial charge < -0.3 is 5.32 Å². The van der Waals surface area contributed by atoms with Crippen LogP contribution in [0.25, 0.3) is 11.4 Å². The molecule has 2 heterocycles. The number of hydrogen-bond acceptors (Lipinski definition) is 5. The fourth-order valence-electron chi connectivity index (χ4n) is 2.97. The quantitative estimate of drug-likeness (QED) is 0.440. The highest BCUT2D eigenvalue weighted by Gasteiger charge is 2.13. The van der Waals surface area contributed by atoms with E-state index in [1.807, 2.05) is 66.2 Å². The second kappa shape index (κ2) is 9.15. The predicted molar refractivity (Wildman–Crippen MR) is 117 cm³/mol. The van der Waals surface area contributed by atoms with Crippen molar-refractivity contribution in [3.63, 3.8) is 0 Å². The SMILES string of the molecule is CC(NC(=O)CSc1nccn1-c1cccc(Cl)c1)c1ccc(-n2cncn2)cc1. The van der Waals surface area contributed by atoms with Gasteiger partial charge in [-0.2, -0.15) is 5.10 Å². The van der Waals surface area contributed by atoms with E-state index in [4.69, 9.17) is 11.6 Å². The van der Waals surface area contributed by atoms with E-state index in [9.17, 15) is 4.79 Å². The van der Waals surface area contributed by atoms with Crippen molar-refractivity contribution in [1.82, 2.24) is 29.6 Å². The van der Waals surface area contributed by atoms with Crippen LogP contribution in [0.2, 0.25) is 5.02 Å². The Labute approximate surface area is 183 Å². The van der Waals surface area contributed by atoms with Gasteiger partial charge in [-0.1, -0.05) is 41.6 Å². The number of aromatic nitrogens is 5. The number of nitrogens with one attached hydrogen (secondary N) is 1. The van der Waals surface area contributed by atoms with Crippen molar-refractivity contribution < 1.29 is 4.79 Å². The third kappa shape index (κ3) is 4.72. The van der Waals surface area contributed by atoms with Crippen molar-refractivity contribution in [1.29, 1.82) is 0 Å². The van der Waals surface area contributed by atoms with Crippen LogP contribution in [-0.4, -0.2) is 36.0 Å². The third-order valence-electron chi connectivity index (χ3n) is 4.48. The third-order valence-corrected chi connectivity index (χ3v) is 5.68. The van der Waals surface area contributed by atoms with Crippen LogP contribution >= 0.6 is 23.4 Å². The summed E-state index contributed by atoms with van der Waals surface area (Å²) in [5, 5.41) is 8.52. The summed E-state index contributed by atoms with van der Waals surface area (Å²) in [6.07, 6.45) is 6.70. The molecule has 0 saturated carbocycles. The number of hydrogen-bond donors (Lipinski definition) is 1. The molecule has 0 aliphatic carbocycles. The fourth-order valence-corrected chi connectivity index (χ4v) is 3.94. The normalized spacial score (nSPS) is 11.9. The molecular weight excluding hydrogens is 420 g/mol. The molecule has 9 heteroatoms. The number of halogens is 1. The second-order valence-corrected chi connectivity index (χ2v) is 7.95. The van der Waals surface area contributed by atoms with E-state index in [-0.39, 0.29) is 17.7 Å². The first-order valence-corrected chi connectivity index (χ1v) is 10.6. The Morgan fingerprint density at radius 1 is 1.20 bits per heavy atom. The van der Waals surface area contributed by atoms with E-state index >= 15 is 0 Å². The summed E-state index contributed by atoms with van der Waals surface area (Å²) in [6, 6.07) is 15.2. The van der Waals surface area contributed by atoms with E-state index < -0.39 is 0 Å². The van der Waals surface area contributed by atoms with Crippen LogP contribution in [0.3, 0.4) is 0 Å². The van der Waals surface area contributed by atoms with Gasteiger partial charge in [0.15, 0.2) is 5.16 Å². The van der Waals surface area contributed by atoms with E-state index in [0.717, 1.165) is 22.1 Å². The molecule has 0 aliphatic heterocycles. The van der Waals surface area contributed by atoms with E-state index in [0.29, 0.717) is 5.02 Å². The fraction of sp³-hybridized carbons (Fsp3) is 0.143. The number of rotatable bonds is 7. The van der Waals surface area contributed by atoms with Gasteiger partial charge in [0, 0.05) is 23.1 Å². The highest BCUT2D eigenvalue weighted by atomic mass is 35.5. The maximum absolute atomic E-state index is 12.5. The standard InChI is InChI=1S/C21H19ClN6OS/c1-15(16-5-7-18(8-6-16)28-14-23-13-25-28)26-20(29)12-30-21-24-9-10-27(21)19-4-2-3-17(22)11-19/h2-11,13-15H,12H2,1H3,(H,26,29). The predicted octanol–water partition coefficient (Wildman–Crippen LogP) is 4.08. The molecule has 0 aliphatic rings. The van der Waals surface area contributed by atoms with Crippen LogP contribution in [0, 0.1) is 0 Å². The molecule has 4 aromatic rings.